The van der Waals surface area contributed by atoms with Gasteiger partial charge in [-0.15, -0.1) is 17.5 Å². The molecule has 2 rings (SSSR count). The zero-order valence-electron chi connectivity index (χ0n) is 11.4. The van der Waals surface area contributed by atoms with Gasteiger partial charge in [0.2, 0.25) is 5.91 Å². The predicted octanol–water partition coefficient (Wildman–Crippen LogP) is 0.593. The molecule has 0 bridgehead atoms. The molecule has 2 heterocycles. The molecule has 1 aromatic rings. The fourth-order valence-electron chi connectivity index (χ4n) is 2.43. The number of aryl methyl sites for hydroxylation is 1. The van der Waals surface area contributed by atoms with E-state index in [-0.39, 0.29) is 24.4 Å². The zero-order chi connectivity index (χ0) is 13.0. The summed E-state index contributed by atoms with van der Waals surface area (Å²) in [6.07, 6.45) is 4.94. The van der Waals surface area contributed by atoms with Crippen LogP contribution < -0.4 is 10.6 Å². The maximum Gasteiger partial charge on any atom is 0.222 e. The summed E-state index contributed by atoms with van der Waals surface area (Å²) in [6.45, 7) is 5.93. The van der Waals surface area contributed by atoms with Gasteiger partial charge in [0.15, 0.2) is 0 Å². The Morgan fingerprint density at radius 3 is 2.95 bits per heavy atom. The molecule has 1 fully saturated rings. The maximum atomic E-state index is 11.9. The molecule has 6 nitrogen and oxygen atoms in total. The summed E-state index contributed by atoms with van der Waals surface area (Å²) < 4.78 is 1.67. The van der Waals surface area contributed by atoms with Crippen molar-refractivity contribution in [2.24, 2.45) is 5.92 Å². The largest absolute Gasteiger partial charge is 0.351 e. The molecule has 2 N–H and O–H groups in total. The predicted molar refractivity (Wildman–Crippen MR) is 75.1 cm³/mol. The smallest absolute Gasteiger partial charge is 0.222 e. The Labute approximate surface area is 119 Å². The van der Waals surface area contributed by atoms with E-state index in [1.54, 1.807) is 17.1 Å². The topological polar surface area (TPSA) is 71.8 Å². The van der Waals surface area contributed by atoms with Crippen LogP contribution in [-0.2, 0) is 11.3 Å². The highest BCUT2D eigenvalue weighted by molar-refractivity contribution is 5.85. The van der Waals surface area contributed by atoms with E-state index in [2.05, 4.69) is 34.8 Å². The maximum absolute atomic E-state index is 11.9. The van der Waals surface area contributed by atoms with Crippen molar-refractivity contribution in [3.05, 3.63) is 12.4 Å². The van der Waals surface area contributed by atoms with Gasteiger partial charge >= 0.3 is 0 Å². The van der Waals surface area contributed by atoms with Crippen LogP contribution in [-0.4, -0.2) is 39.5 Å². The van der Waals surface area contributed by atoms with Gasteiger partial charge in [-0.05, 0) is 25.8 Å². The number of nitrogens with zero attached hydrogens (tertiary/aromatic N) is 3. The number of rotatable bonds is 4. The fourth-order valence-corrected chi connectivity index (χ4v) is 2.43. The van der Waals surface area contributed by atoms with E-state index < -0.39 is 0 Å². The number of amides is 1. The average molecular weight is 288 g/mol. The third kappa shape index (κ3) is 4.47. The lowest BCUT2D eigenvalue weighted by atomic mass is 9.89. The van der Waals surface area contributed by atoms with E-state index in [0.717, 1.165) is 13.0 Å². The monoisotopic (exact) mass is 287 g/mol. The van der Waals surface area contributed by atoms with Crippen molar-refractivity contribution in [3.8, 4) is 0 Å². The van der Waals surface area contributed by atoms with Gasteiger partial charge in [0.25, 0.3) is 0 Å². The van der Waals surface area contributed by atoms with E-state index in [9.17, 15) is 4.79 Å². The van der Waals surface area contributed by atoms with Gasteiger partial charge in [0, 0.05) is 24.7 Å². The van der Waals surface area contributed by atoms with Gasteiger partial charge in [-0.3, -0.25) is 9.48 Å². The lowest BCUT2D eigenvalue weighted by Crippen LogP contribution is -2.56. The van der Waals surface area contributed by atoms with E-state index in [0.29, 0.717) is 24.9 Å². The number of carbonyl (C=O) groups is 1. The van der Waals surface area contributed by atoms with Crippen LogP contribution in [0.15, 0.2) is 12.4 Å². The molecule has 19 heavy (non-hydrogen) atoms. The van der Waals surface area contributed by atoms with E-state index in [1.165, 1.54) is 0 Å². The first-order chi connectivity index (χ1) is 8.66. The minimum atomic E-state index is 0. The van der Waals surface area contributed by atoms with Gasteiger partial charge in [-0.25, -0.2) is 0 Å². The Kier molecular flexibility index (Phi) is 6.24. The fraction of sp³-hybridized carbons (Fsp3) is 0.750. The average Bonchev–Trinajstić information content (AvgIpc) is 2.84. The molecule has 0 spiro atoms. The van der Waals surface area contributed by atoms with Crippen LogP contribution in [0.4, 0.5) is 0 Å². The van der Waals surface area contributed by atoms with Gasteiger partial charge in [-0.1, -0.05) is 12.1 Å². The van der Waals surface area contributed by atoms with Crippen LogP contribution in [0.2, 0.25) is 0 Å². The molecule has 3 unspecified atom stereocenters. The van der Waals surface area contributed by atoms with E-state index in [4.69, 9.17) is 0 Å². The second-order valence-corrected chi connectivity index (χ2v) is 5.02. The molecule has 0 radical (unpaired) electrons. The minimum Gasteiger partial charge on any atom is -0.351 e. The summed E-state index contributed by atoms with van der Waals surface area (Å²) in [7, 11) is 0. The SMILES string of the molecule is CC1CCNC(C)C1NC(=O)CCn1ccnn1.Cl. The van der Waals surface area contributed by atoms with E-state index in [1.807, 2.05) is 0 Å². The van der Waals surface area contributed by atoms with Gasteiger partial charge in [0.05, 0.1) is 12.7 Å². The Hall–Kier alpha value is -1.14. The lowest BCUT2D eigenvalue weighted by Gasteiger charge is -2.36. The number of carbonyl (C=O) groups excluding carboxylic acids is 1. The van der Waals surface area contributed by atoms with Crippen LogP contribution in [0.1, 0.15) is 26.7 Å². The van der Waals surface area contributed by atoms with Crippen molar-refractivity contribution < 1.29 is 4.79 Å². The number of piperidine rings is 1. The Morgan fingerprint density at radius 2 is 2.32 bits per heavy atom. The molecular formula is C12H22ClN5O. The molecular weight excluding hydrogens is 266 g/mol. The number of hydrogen-bond donors (Lipinski definition) is 2. The van der Waals surface area contributed by atoms with Crippen LogP contribution >= 0.6 is 12.4 Å². The van der Waals surface area contributed by atoms with Crippen LogP contribution in [0.3, 0.4) is 0 Å². The highest BCUT2D eigenvalue weighted by Gasteiger charge is 2.28. The summed E-state index contributed by atoms with van der Waals surface area (Å²) in [5.74, 6) is 0.606. The van der Waals surface area contributed by atoms with Crippen LogP contribution in [0, 0.1) is 5.92 Å². The van der Waals surface area contributed by atoms with Crippen LogP contribution in [0.25, 0.3) is 0 Å². The Morgan fingerprint density at radius 1 is 1.53 bits per heavy atom. The van der Waals surface area contributed by atoms with E-state index >= 15 is 0 Å². The summed E-state index contributed by atoms with van der Waals surface area (Å²) in [4.78, 5) is 11.9. The normalized spacial score (nSPS) is 26.5. The molecule has 1 saturated heterocycles. The third-order valence-corrected chi connectivity index (χ3v) is 3.59. The van der Waals surface area contributed by atoms with Crippen molar-refractivity contribution in [1.82, 2.24) is 25.6 Å². The highest BCUT2D eigenvalue weighted by atomic mass is 35.5. The molecule has 1 amide bonds. The second kappa shape index (κ2) is 7.45. The first-order valence-corrected chi connectivity index (χ1v) is 6.53. The third-order valence-electron chi connectivity index (χ3n) is 3.59. The van der Waals surface area contributed by atoms with Gasteiger partial charge in [-0.2, -0.15) is 0 Å². The molecule has 0 aromatic carbocycles. The Bertz CT molecular complexity index is 373. The highest BCUT2D eigenvalue weighted by Crippen LogP contribution is 2.16. The first-order valence-electron chi connectivity index (χ1n) is 6.53. The number of halogens is 1. The van der Waals surface area contributed by atoms with Crippen molar-refractivity contribution in [1.29, 1.82) is 0 Å². The zero-order valence-corrected chi connectivity index (χ0v) is 12.2. The standard InChI is InChI=1S/C12H21N5O.ClH/c1-9-3-5-13-10(2)12(9)15-11(18)4-7-17-8-6-14-16-17;/h6,8-10,12-13H,3-5,7H2,1-2H3,(H,15,18);1H. The molecule has 108 valence electrons. The number of nitrogens with one attached hydrogen (secondary N) is 2. The summed E-state index contributed by atoms with van der Waals surface area (Å²) >= 11 is 0. The quantitative estimate of drug-likeness (QED) is 0.850. The molecule has 1 aromatic heterocycles. The summed E-state index contributed by atoms with van der Waals surface area (Å²) in [6, 6.07) is 0.561. The van der Waals surface area contributed by atoms with Crippen molar-refractivity contribution in [3.63, 3.8) is 0 Å². The second-order valence-electron chi connectivity index (χ2n) is 5.02. The van der Waals surface area contributed by atoms with Crippen LogP contribution in [0.5, 0.6) is 0 Å². The lowest BCUT2D eigenvalue weighted by molar-refractivity contribution is -0.122. The van der Waals surface area contributed by atoms with Crippen molar-refractivity contribution in [2.75, 3.05) is 6.54 Å². The minimum absolute atomic E-state index is 0. The molecule has 0 saturated carbocycles. The molecule has 1 aliphatic heterocycles. The van der Waals surface area contributed by atoms with Crippen molar-refractivity contribution >= 4 is 18.3 Å². The molecule has 1 aliphatic rings. The number of aromatic nitrogens is 3. The number of hydrogen-bond acceptors (Lipinski definition) is 4. The Balaban J connectivity index is 0.00000180. The summed E-state index contributed by atoms with van der Waals surface area (Å²) in [5.41, 5.74) is 0. The summed E-state index contributed by atoms with van der Waals surface area (Å²) in [5, 5.41) is 14.1. The molecule has 0 aliphatic carbocycles. The van der Waals surface area contributed by atoms with Crippen molar-refractivity contribution in [2.45, 2.75) is 45.3 Å². The molecule has 3 atom stereocenters. The van der Waals surface area contributed by atoms with Gasteiger partial charge in [0.1, 0.15) is 0 Å². The molecule has 7 heteroatoms. The first kappa shape index (κ1) is 15.9. The van der Waals surface area contributed by atoms with Gasteiger partial charge < -0.3 is 10.6 Å².